The van der Waals surface area contributed by atoms with Crippen LogP contribution in [0.15, 0.2) is 12.3 Å². The molecule has 1 saturated heterocycles. The molecule has 76 valence electrons. The molecule has 0 bridgehead atoms. The van der Waals surface area contributed by atoms with Crippen molar-refractivity contribution in [1.29, 1.82) is 0 Å². The highest BCUT2D eigenvalue weighted by Gasteiger charge is 2.32. The van der Waals surface area contributed by atoms with Gasteiger partial charge in [0.05, 0.1) is 6.04 Å². The topological polar surface area (TPSA) is 23.5 Å². The van der Waals surface area contributed by atoms with E-state index in [4.69, 9.17) is 0 Å². The summed E-state index contributed by atoms with van der Waals surface area (Å²) < 4.78 is 0. The molecule has 1 fully saturated rings. The highest BCUT2D eigenvalue weighted by atomic mass is 16.3. The fourth-order valence-corrected chi connectivity index (χ4v) is 2.08. The minimum absolute atomic E-state index is 0.136. The van der Waals surface area contributed by atoms with E-state index in [-0.39, 0.29) is 11.6 Å². The molecule has 0 amide bonds. The van der Waals surface area contributed by atoms with Gasteiger partial charge in [-0.1, -0.05) is 13.0 Å². The van der Waals surface area contributed by atoms with E-state index in [0.29, 0.717) is 5.76 Å². The maximum Gasteiger partial charge on any atom is 0.102 e. The Kier molecular flexibility index (Phi) is 3.01. The standard InChI is InChI=1S/C11H21NO/c1-9(13)10-7-5-6-8-12(10)11(2,3)4/h10,13H,1,5-8H2,2-4H3/t10-/m0/s1. The van der Waals surface area contributed by atoms with Gasteiger partial charge in [-0.05, 0) is 40.2 Å². The summed E-state index contributed by atoms with van der Waals surface area (Å²) >= 11 is 0. The molecule has 1 heterocycles. The Labute approximate surface area is 81.2 Å². The van der Waals surface area contributed by atoms with Crippen LogP contribution in [0.25, 0.3) is 0 Å². The van der Waals surface area contributed by atoms with Gasteiger partial charge in [0, 0.05) is 5.54 Å². The Balaban J connectivity index is 2.73. The van der Waals surface area contributed by atoms with Crippen LogP contribution in [0.2, 0.25) is 0 Å². The monoisotopic (exact) mass is 183 g/mol. The quantitative estimate of drug-likeness (QED) is 0.632. The molecule has 0 saturated carbocycles. The van der Waals surface area contributed by atoms with Crippen LogP contribution < -0.4 is 0 Å². The number of rotatable bonds is 1. The van der Waals surface area contributed by atoms with Crippen molar-refractivity contribution in [3.8, 4) is 0 Å². The van der Waals surface area contributed by atoms with E-state index in [1.807, 2.05) is 0 Å². The molecule has 0 aromatic carbocycles. The molecule has 1 atom stereocenters. The molecule has 0 aromatic rings. The van der Waals surface area contributed by atoms with Crippen LogP contribution in [-0.2, 0) is 0 Å². The Morgan fingerprint density at radius 1 is 1.38 bits per heavy atom. The lowest BCUT2D eigenvalue weighted by atomic mass is 9.94. The zero-order valence-corrected chi connectivity index (χ0v) is 9.01. The maximum atomic E-state index is 9.47. The third kappa shape index (κ3) is 2.47. The van der Waals surface area contributed by atoms with Crippen LogP contribution in [0.1, 0.15) is 40.0 Å². The van der Waals surface area contributed by atoms with E-state index < -0.39 is 0 Å². The highest BCUT2D eigenvalue weighted by molar-refractivity contribution is 5.01. The Hall–Kier alpha value is -0.500. The van der Waals surface area contributed by atoms with Crippen molar-refractivity contribution in [2.45, 2.75) is 51.6 Å². The zero-order chi connectivity index (χ0) is 10.1. The molecule has 0 unspecified atom stereocenters. The maximum absolute atomic E-state index is 9.47. The van der Waals surface area contributed by atoms with Gasteiger partial charge < -0.3 is 5.11 Å². The van der Waals surface area contributed by atoms with Crippen molar-refractivity contribution in [2.75, 3.05) is 6.54 Å². The van der Waals surface area contributed by atoms with Gasteiger partial charge >= 0.3 is 0 Å². The predicted octanol–water partition coefficient (Wildman–Crippen LogP) is 2.71. The number of aliphatic hydroxyl groups excluding tert-OH is 1. The largest absolute Gasteiger partial charge is 0.511 e. The van der Waals surface area contributed by atoms with E-state index in [1.165, 1.54) is 12.8 Å². The molecule has 0 aromatic heterocycles. The average molecular weight is 183 g/mol. The summed E-state index contributed by atoms with van der Waals surface area (Å²) in [7, 11) is 0. The summed E-state index contributed by atoms with van der Waals surface area (Å²) in [5.41, 5.74) is 0.136. The zero-order valence-electron chi connectivity index (χ0n) is 9.01. The molecule has 1 N–H and O–H groups in total. The van der Waals surface area contributed by atoms with Crippen LogP contribution in [0.3, 0.4) is 0 Å². The van der Waals surface area contributed by atoms with E-state index in [2.05, 4.69) is 32.3 Å². The number of likely N-dealkylation sites (tertiary alicyclic amines) is 1. The molecular weight excluding hydrogens is 162 g/mol. The first kappa shape index (κ1) is 10.6. The summed E-state index contributed by atoms with van der Waals surface area (Å²) in [4.78, 5) is 2.35. The number of hydrogen-bond donors (Lipinski definition) is 1. The first-order valence-corrected chi connectivity index (χ1v) is 5.07. The van der Waals surface area contributed by atoms with Gasteiger partial charge in [0.2, 0.25) is 0 Å². The molecule has 0 radical (unpaired) electrons. The van der Waals surface area contributed by atoms with Gasteiger partial charge in [0.1, 0.15) is 5.76 Å². The van der Waals surface area contributed by atoms with Crippen molar-refractivity contribution in [1.82, 2.24) is 4.90 Å². The summed E-state index contributed by atoms with van der Waals surface area (Å²) in [6.07, 6.45) is 3.49. The molecule has 1 aliphatic heterocycles. The summed E-state index contributed by atoms with van der Waals surface area (Å²) in [6, 6.07) is 0.175. The fourth-order valence-electron chi connectivity index (χ4n) is 2.08. The van der Waals surface area contributed by atoms with Gasteiger partial charge in [-0.15, -0.1) is 0 Å². The third-order valence-electron chi connectivity index (χ3n) is 2.75. The Morgan fingerprint density at radius 2 is 2.00 bits per heavy atom. The second-order valence-electron chi connectivity index (χ2n) is 4.87. The van der Waals surface area contributed by atoms with Crippen LogP contribution >= 0.6 is 0 Å². The van der Waals surface area contributed by atoms with Crippen molar-refractivity contribution in [3.63, 3.8) is 0 Å². The molecule has 0 aliphatic carbocycles. The summed E-state index contributed by atoms with van der Waals surface area (Å²) in [5.74, 6) is 0.328. The highest BCUT2D eigenvalue weighted by Crippen LogP contribution is 2.27. The van der Waals surface area contributed by atoms with Crippen molar-refractivity contribution < 1.29 is 5.11 Å². The number of nitrogens with zero attached hydrogens (tertiary/aromatic N) is 1. The van der Waals surface area contributed by atoms with E-state index in [0.717, 1.165) is 13.0 Å². The van der Waals surface area contributed by atoms with Gasteiger partial charge in [-0.3, -0.25) is 4.90 Å². The predicted molar refractivity (Wildman–Crippen MR) is 55.9 cm³/mol. The van der Waals surface area contributed by atoms with Crippen LogP contribution in [0.4, 0.5) is 0 Å². The van der Waals surface area contributed by atoms with Gasteiger partial charge in [-0.2, -0.15) is 0 Å². The van der Waals surface area contributed by atoms with E-state index in [9.17, 15) is 5.11 Å². The second-order valence-corrected chi connectivity index (χ2v) is 4.87. The van der Waals surface area contributed by atoms with Crippen molar-refractivity contribution >= 4 is 0 Å². The van der Waals surface area contributed by atoms with E-state index >= 15 is 0 Å². The van der Waals surface area contributed by atoms with Gasteiger partial charge in [0.15, 0.2) is 0 Å². The van der Waals surface area contributed by atoms with E-state index in [1.54, 1.807) is 0 Å². The molecule has 1 rings (SSSR count). The number of aliphatic hydroxyl groups is 1. The van der Waals surface area contributed by atoms with Gasteiger partial charge in [0.25, 0.3) is 0 Å². The fraction of sp³-hybridized carbons (Fsp3) is 0.818. The molecule has 2 nitrogen and oxygen atoms in total. The SMILES string of the molecule is C=C(O)[C@@H]1CCCCN1C(C)(C)C. The van der Waals surface area contributed by atoms with Crippen LogP contribution in [0.5, 0.6) is 0 Å². The Bertz CT molecular complexity index is 193. The van der Waals surface area contributed by atoms with Crippen LogP contribution in [-0.4, -0.2) is 28.1 Å². The molecular formula is C11H21NO. The normalized spacial score (nSPS) is 25.9. The summed E-state index contributed by atoms with van der Waals surface area (Å²) in [5, 5.41) is 9.47. The number of hydrogen-bond acceptors (Lipinski definition) is 2. The Morgan fingerprint density at radius 3 is 2.38 bits per heavy atom. The van der Waals surface area contributed by atoms with Gasteiger partial charge in [-0.25, -0.2) is 0 Å². The molecule has 1 aliphatic rings. The second kappa shape index (κ2) is 3.70. The lowest BCUT2D eigenvalue weighted by Gasteiger charge is -2.44. The first-order valence-electron chi connectivity index (χ1n) is 5.07. The lowest BCUT2D eigenvalue weighted by Crippen LogP contribution is -2.51. The molecule has 0 spiro atoms. The first-order chi connectivity index (χ1) is 5.93. The molecule has 2 heteroatoms. The van der Waals surface area contributed by atoms with Crippen molar-refractivity contribution in [2.24, 2.45) is 0 Å². The van der Waals surface area contributed by atoms with Crippen LogP contribution in [0, 0.1) is 0 Å². The minimum Gasteiger partial charge on any atom is -0.511 e. The smallest absolute Gasteiger partial charge is 0.102 e. The number of piperidine rings is 1. The molecule has 13 heavy (non-hydrogen) atoms. The minimum atomic E-state index is 0.136. The summed E-state index contributed by atoms with van der Waals surface area (Å²) in [6.45, 7) is 11.3. The lowest BCUT2D eigenvalue weighted by molar-refractivity contribution is 0.0490. The van der Waals surface area contributed by atoms with Crippen molar-refractivity contribution in [3.05, 3.63) is 12.3 Å². The average Bonchev–Trinajstić information content (AvgIpc) is 2.03. The third-order valence-corrected chi connectivity index (χ3v) is 2.75.